The van der Waals surface area contributed by atoms with Gasteiger partial charge in [-0.2, -0.15) is 0 Å². The molecule has 1 heterocycles. The van der Waals surface area contributed by atoms with Gasteiger partial charge in [-0.1, -0.05) is 30.3 Å². The maximum absolute atomic E-state index is 11.1. The maximum Gasteiger partial charge on any atom is 0.325 e. The number of benzene rings is 1. The van der Waals surface area contributed by atoms with Gasteiger partial charge in [0, 0.05) is 13.2 Å². The van der Waals surface area contributed by atoms with Crippen molar-refractivity contribution in [2.24, 2.45) is 7.05 Å². The van der Waals surface area contributed by atoms with Gasteiger partial charge in [-0.05, 0) is 5.56 Å². The Balaban J connectivity index is 2.60. The first-order valence-corrected chi connectivity index (χ1v) is 4.09. The minimum Gasteiger partial charge on any atom is -0.312 e. The van der Waals surface area contributed by atoms with Gasteiger partial charge < -0.3 is 4.98 Å². The van der Waals surface area contributed by atoms with E-state index in [1.54, 1.807) is 17.8 Å². The molecule has 1 N–H and O–H groups in total. The standard InChI is InChI=1S/C10H10N2O/c1-12-9(7-11-10(12)13)8-5-3-2-4-6-8/h2-7H,1H3,(H,11,13). The Kier molecular flexibility index (Phi) is 1.77. The van der Waals surface area contributed by atoms with Crippen molar-refractivity contribution in [3.8, 4) is 11.3 Å². The van der Waals surface area contributed by atoms with Crippen molar-refractivity contribution in [3.63, 3.8) is 0 Å². The lowest BCUT2D eigenvalue weighted by Crippen LogP contribution is -2.12. The van der Waals surface area contributed by atoms with Crippen LogP contribution in [-0.4, -0.2) is 9.55 Å². The van der Waals surface area contributed by atoms with Crippen LogP contribution >= 0.6 is 0 Å². The van der Waals surface area contributed by atoms with Gasteiger partial charge in [0.1, 0.15) is 0 Å². The molecule has 3 nitrogen and oxygen atoms in total. The molecule has 66 valence electrons. The second-order valence-corrected chi connectivity index (χ2v) is 2.90. The smallest absolute Gasteiger partial charge is 0.312 e. The van der Waals surface area contributed by atoms with E-state index in [4.69, 9.17) is 0 Å². The van der Waals surface area contributed by atoms with Crippen LogP contribution in [0.4, 0.5) is 0 Å². The molecule has 0 spiro atoms. The molecule has 0 bridgehead atoms. The van der Waals surface area contributed by atoms with Crippen LogP contribution in [0.5, 0.6) is 0 Å². The molecule has 0 aliphatic rings. The van der Waals surface area contributed by atoms with E-state index < -0.39 is 0 Å². The first-order valence-electron chi connectivity index (χ1n) is 4.09. The number of hydrogen-bond donors (Lipinski definition) is 1. The van der Waals surface area contributed by atoms with Crippen molar-refractivity contribution < 1.29 is 0 Å². The topological polar surface area (TPSA) is 37.8 Å². The number of nitrogens with one attached hydrogen (secondary N) is 1. The molecular formula is C10H10N2O. The van der Waals surface area contributed by atoms with Crippen molar-refractivity contribution in [2.45, 2.75) is 0 Å². The fourth-order valence-electron chi connectivity index (χ4n) is 1.32. The zero-order valence-corrected chi connectivity index (χ0v) is 7.32. The van der Waals surface area contributed by atoms with Crippen LogP contribution in [0.2, 0.25) is 0 Å². The fraction of sp³-hybridized carbons (Fsp3) is 0.100. The van der Waals surface area contributed by atoms with Crippen molar-refractivity contribution in [1.82, 2.24) is 9.55 Å². The first-order chi connectivity index (χ1) is 6.29. The molecule has 0 atom stereocenters. The van der Waals surface area contributed by atoms with Gasteiger partial charge in [-0.15, -0.1) is 0 Å². The monoisotopic (exact) mass is 174 g/mol. The number of nitrogens with zero attached hydrogens (tertiary/aromatic N) is 1. The molecule has 1 aromatic carbocycles. The maximum atomic E-state index is 11.1. The Morgan fingerprint density at radius 3 is 2.46 bits per heavy atom. The average molecular weight is 174 g/mol. The van der Waals surface area contributed by atoms with E-state index in [2.05, 4.69) is 4.98 Å². The third-order valence-electron chi connectivity index (χ3n) is 2.07. The molecule has 0 radical (unpaired) electrons. The number of H-pyrrole nitrogens is 1. The third kappa shape index (κ3) is 1.28. The summed E-state index contributed by atoms with van der Waals surface area (Å²) in [4.78, 5) is 13.8. The van der Waals surface area contributed by atoms with E-state index in [0.29, 0.717) is 0 Å². The Hall–Kier alpha value is -1.77. The van der Waals surface area contributed by atoms with Crippen LogP contribution in [0.25, 0.3) is 11.3 Å². The van der Waals surface area contributed by atoms with E-state index in [1.165, 1.54) is 0 Å². The quantitative estimate of drug-likeness (QED) is 0.696. The van der Waals surface area contributed by atoms with Crippen LogP contribution in [0.3, 0.4) is 0 Å². The van der Waals surface area contributed by atoms with Crippen LogP contribution in [0.1, 0.15) is 0 Å². The Labute approximate surface area is 75.7 Å². The van der Waals surface area contributed by atoms with Crippen molar-refractivity contribution >= 4 is 0 Å². The van der Waals surface area contributed by atoms with E-state index >= 15 is 0 Å². The van der Waals surface area contributed by atoms with Gasteiger partial charge in [-0.25, -0.2) is 4.79 Å². The molecule has 3 heteroatoms. The van der Waals surface area contributed by atoms with Gasteiger partial charge in [-0.3, -0.25) is 4.57 Å². The van der Waals surface area contributed by atoms with E-state index in [-0.39, 0.29) is 5.69 Å². The molecule has 1 aromatic heterocycles. The lowest BCUT2D eigenvalue weighted by atomic mass is 10.2. The summed E-state index contributed by atoms with van der Waals surface area (Å²) in [5, 5.41) is 0. The number of hydrogen-bond acceptors (Lipinski definition) is 1. The summed E-state index contributed by atoms with van der Waals surface area (Å²) in [7, 11) is 1.75. The number of rotatable bonds is 1. The zero-order valence-electron chi connectivity index (χ0n) is 7.32. The Bertz CT molecular complexity index is 453. The van der Waals surface area contributed by atoms with Crippen molar-refractivity contribution in [1.29, 1.82) is 0 Å². The van der Waals surface area contributed by atoms with E-state index in [0.717, 1.165) is 11.3 Å². The summed E-state index contributed by atoms with van der Waals surface area (Å²) in [6.07, 6.45) is 1.72. The highest BCUT2D eigenvalue weighted by Crippen LogP contribution is 2.14. The van der Waals surface area contributed by atoms with Crippen LogP contribution in [0, 0.1) is 0 Å². The highest BCUT2D eigenvalue weighted by molar-refractivity contribution is 5.58. The van der Waals surface area contributed by atoms with Crippen LogP contribution in [-0.2, 0) is 7.05 Å². The SMILES string of the molecule is Cn1c(-c2ccccc2)c[nH]c1=O. The summed E-state index contributed by atoms with van der Waals surface area (Å²) in [5.74, 6) is 0. The fourth-order valence-corrected chi connectivity index (χ4v) is 1.32. The molecule has 0 unspecified atom stereocenters. The number of aromatic amines is 1. The molecule has 2 rings (SSSR count). The molecule has 0 fully saturated rings. The number of imidazole rings is 1. The molecule has 0 aliphatic heterocycles. The van der Waals surface area contributed by atoms with Crippen LogP contribution < -0.4 is 5.69 Å². The van der Waals surface area contributed by atoms with Crippen molar-refractivity contribution in [2.75, 3.05) is 0 Å². The van der Waals surface area contributed by atoms with Gasteiger partial charge in [0.15, 0.2) is 0 Å². The molecule has 0 saturated heterocycles. The summed E-state index contributed by atoms with van der Waals surface area (Å²) >= 11 is 0. The summed E-state index contributed by atoms with van der Waals surface area (Å²) in [5.41, 5.74) is 1.87. The predicted molar refractivity (Wildman–Crippen MR) is 51.5 cm³/mol. The van der Waals surface area contributed by atoms with Crippen molar-refractivity contribution in [3.05, 3.63) is 47.0 Å². The van der Waals surface area contributed by atoms with E-state index in [1.807, 2.05) is 30.3 Å². The van der Waals surface area contributed by atoms with Gasteiger partial charge in [0.2, 0.25) is 0 Å². The predicted octanol–water partition coefficient (Wildman–Crippen LogP) is 1.38. The lowest BCUT2D eigenvalue weighted by Gasteiger charge is -1.99. The molecule has 2 aromatic rings. The summed E-state index contributed by atoms with van der Waals surface area (Å²) in [6, 6.07) is 9.80. The molecule has 0 amide bonds. The summed E-state index contributed by atoms with van der Waals surface area (Å²) in [6.45, 7) is 0. The second kappa shape index (κ2) is 2.94. The lowest BCUT2D eigenvalue weighted by molar-refractivity contribution is 0.869. The third-order valence-corrected chi connectivity index (χ3v) is 2.07. The van der Waals surface area contributed by atoms with Gasteiger partial charge >= 0.3 is 5.69 Å². The first kappa shape index (κ1) is 7.86. The minimum atomic E-state index is -0.0844. The highest BCUT2D eigenvalue weighted by atomic mass is 16.1. The largest absolute Gasteiger partial charge is 0.325 e. The summed E-state index contributed by atoms with van der Waals surface area (Å²) < 4.78 is 1.59. The second-order valence-electron chi connectivity index (χ2n) is 2.90. The Morgan fingerprint density at radius 2 is 1.92 bits per heavy atom. The molecule has 0 saturated carbocycles. The number of aromatic nitrogens is 2. The molecule has 0 aliphatic carbocycles. The minimum absolute atomic E-state index is 0.0844. The van der Waals surface area contributed by atoms with Gasteiger partial charge in [0.05, 0.1) is 5.69 Å². The highest BCUT2D eigenvalue weighted by Gasteiger charge is 2.02. The average Bonchev–Trinajstić information content (AvgIpc) is 2.49. The zero-order chi connectivity index (χ0) is 9.26. The molecular weight excluding hydrogens is 164 g/mol. The van der Waals surface area contributed by atoms with E-state index in [9.17, 15) is 4.79 Å². The Morgan fingerprint density at radius 1 is 1.23 bits per heavy atom. The molecule has 13 heavy (non-hydrogen) atoms. The van der Waals surface area contributed by atoms with Crippen LogP contribution in [0.15, 0.2) is 41.3 Å². The van der Waals surface area contributed by atoms with Gasteiger partial charge in [0.25, 0.3) is 0 Å². The normalized spacial score (nSPS) is 10.2.